The van der Waals surface area contributed by atoms with Crippen LogP contribution in [0.15, 0.2) is 23.7 Å². The zero-order chi connectivity index (χ0) is 21.3. The molecular weight excluding hydrogens is 355 g/mol. The van der Waals surface area contributed by atoms with Gasteiger partial charge in [0.2, 0.25) is 0 Å². The Bertz CT molecular complexity index is 730. The first-order valence-electron chi connectivity index (χ1n) is 9.59. The fourth-order valence-corrected chi connectivity index (χ4v) is 2.83. The number of hydrogen-bond acceptors (Lipinski definition) is 5. The summed E-state index contributed by atoms with van der Waals surface area (Å²) in [5.41, 5.74) is 7.91. The van der Waals surface area contributed by atoms with Gasteiger partial charge in [-0.1, -0.05) is 12.1 Å². The summed E-state index contributed by atoms with van der Waals surface area (Å²) in [6, 6.07) is 5.81. The molecule has 1 heterocycles. The summed E-state index contributed by atoms with van der Waals surface area (Å²) in [6.07, 6.45) is 1.46. The Labute approximate surface area is 168 Å². The van der Waals surface area contributed by atoms with Crippen LogP contribution in [0.25, 0.3) is 6.08 Å². The van der Waals surface area contributed by atoms with Crippen molar-refractivity contribution in [2.75, 3.05) is 12.3 Å². The molecule has 0 radical (unpaired) electrons. The average Bonchev–Trinajstić information content (AvgIpc) is 2.68. The predicted octanol–water partition coefficient (Wildman–Crippen LogP) is 4.12. The third-order valence-corrected chi connectivity index (χ3v) is 4.87. The molecule has 0 bridgehead atoms. The Balaban J connectivity index is 2.28. The van der Waals surface area contributed by atoms with Crippen molar-refractivity contribution in [1.82, 2.24) is 5.32 Å². The number of carbonyl (C=O) groups excluding carboxylic acids is 1. The van der Waals surface area contributed by atoms with E-state index in [1.807, 2.05) is 79.7 Å². The molecule has 3 N–H and O–H groups in total. The van der Waals surface area contributed by atoms with Crippen LogP contribution in [0.2, 0.25) is 0 Å². The van der Waals surface area contributed by atoms with Crippen LogP contribution in [0.4, 0.5) is 10.5 Å². The second-order valence-electron chi connectivity index (χ2n) is 9.34. The van der Waals surface area contributed by atoms with Crippen LogP contribution in [0.3, 0.4) is 0 Å². The topological polar surface area (TPSA) is 82.8 Å². The standard InChI is InChI=1S/C21H33BN2O4/c1-14-9-15(12-17(23)10-14)11-16(13-24-18(25)26-19(2,3)4)22-27-20(5,6)21(7,8)28-22/h9-12H,13,23H2,1-8H3,(H,24,25). The summed E-state index contributed by atoms with van der Waals surface area (Å²) in [7, 11) is -0.582. The summed E-state index contributed by atoms with van der Waals surface area (Å²) in [5, 5.41) is 2.80. The molecule has 7 heteroatoms. The SMILES string of the molecule is Cc1cc(N)cc(C=C(CNC(=O)OC(C)(C)C)B2OC(C)(C)C(C)(C)O2)c1. The van der Waals surface area contributed by atoms with Gasteiger partial charge in [-0.05, 0) is 84.1 Å². The molecule has 1 fully saturated rings. The van der Waals surface area contributed by atoms with Crippen molar-refractivity contribution in [1.29, 1.82) is 0 Å². The number of anilines is 1. The van der Waals surface area contributed by atoms with E-state index < -0.39 is 30.0 Å². The molecule has 1 saturated heterocycles. The quantitative estimate of drug-likeness (QED) is 0.599. The number of nitrogens with one attached hydrogen (secondary N) is 1. The van der Waals surface area contributed by atoms with Crippen molar-refractivity contribution in [2.45, 2.75) is 72.2 Å². The third kappa shape index (κ3) is 5.75. The Morgan fingerprint density at radius 1 is 1.18 bits per heavy atom. The number of amides is 1. The van der Waals surface area contributed by atoms with Crippen LogP contribution < -0.4 is 11.1 Å². The van der Waals surface area contributed by atoms with E-state index in [1.54, 1.807) is 0 Å². The zero-order valence-electron chi connectivity index (χ0n) is 18.3. The van der Waals surface area contributed by atoms with Gasteiger partial charge < -0.3 is 25.1 Å². The van der Waals surface area contributed by atoms with E-state index in [2.05, 4.69) is 5.32 Å². The van der Waals surface area contributed by atoms with Gasteiger partial charge in [0.1, 0.15) is 5.60 Å². The lowest BCUT2D eigenvalue weighted by Gasteiger charge is -2.32. The lowest BCUT2D eigenvalue weighted by molar-refractivity contribution is 0.00578. The summed E-state index contributed by atoms with van der Waals surface area (Å²) in [6.45, 7) is 15.7. The normalized spacial score (nSPS) is 18.9. The Morgan fingerprint density at radius 3 is 2.25 bits per heavy atom. The molecule has 1 aliphatic rings. The maximum atomic E-state index is 12.1. The summed E-state index contributed by atoms with van der Waals surface area (Å²) < 4.78 is 17.7. The van der Waals surface area contributed by atoms with E-state index in [9.17, 15) is 4.79 Å². The van der Waals surface area contributed by atoms with Gasteiger partial charge in [-0.25, -0.2) is 4.79 Å². The van der Waals surface area contributed by atoms with Crippen LogP contribution >= 0.6 is 0 Å². The fourth-order valence-electron chi connectivity index (χ4n) is 2.83. The zero-order valence-corrected chi connectivity index (χ0v) is 18.3. The monoisotopic (exact) mass is 388 g/mol. The van der Waals surface area contributed by atoms with Gasteiger partial charge in [0.15, 0.2) is 0 Å². The molecule has 2 rings (SSSR count). The van der Waals surface area contributed by atoms with E-state index in [-0.39, 0.29) is 6.54 Å². The van der Waals surface area contributed by atoms with Gasteiger partial charge in [0, 0.05) is 12.2 Å². The van der Waals surface area contributed by atoms with Gasteiger partial charge in [0.25, 0.3) is 0 Å². The second-order valence-corrected chi connectivity index (χ2v) is 9.34. The lowest BCUT2D eigenvalue weighted by Crippen LogP contribution is -2.41. The Hall–Kier alpha value is -1.99. The molecule has 1 aromatic rings. The van der Waals surface area contributed by atoms with E-state index in [0.717, 1.165) is 16.6 Å². The maximum absolute atomic E-state index is 12.1. The molecule has 0 atom stereocenters. The summed E-state index contributed by atoms with van der Waals surface area (Å²) in [4.78, 5) is 12.1. The van der Waals surface area contributed by atoms with E-state index in [0.29, 0.717) is 5.69 Å². The predicted molar refractivity (Wildman–Crippen MR) is 114 cm³/mol. The molecule has 0 aromatic heterocycles. The highest BCUT2D eigenvalue weighted by molar-refractivity contribution is 6.56. The minimum Gasteiger partial charge on any atom is -0.444 e. The fraction of sp³-hybridized carbons (Fsp3) is 0.571. The highest BCUT2D eigenvalue weighted by atomic mass is 16.7. The van der Waals surface area contributed by atoms with E-state index in [4.69, 9.17) is 19.8 Å². The molecular formula is C21H33BN2O4. The number of rotatable bonds is 4. The maximum Gasteiger partial charge on any atom is 0.492 e. The van der Waals surface area contributed by atoms with Gasteiger partial charge in [-0.15, -0.1) is 0 Å². The Morgan fingerprint density at radius 2 is 1.75 bits per heavy atom. The number of ether oxygens (including phenoxy) is 1. The average molecular weight is 388 g/mol. The first kappa shape index (κ1) is 22.3. The summed E-state index contributed by atoms with van der Waals surface area (Å²) in [5.74, 6) is 0. The molecule has 1 amide bonds. The summed E-state index contributed by atoms with van der Waals surface area (Å²) >= 11 is 0. The second kappa shape index (κ2) is 7.80. The molecule has 1 aromatic carbocycles. The number of nitrogen functional groups attached to an aromatic ring is 1. The van der Waals surface area contributed by atoms with Crippen molar-refractivity contribution >= 4 is 25.0 Å². The van der Waals surface area contributed by atoms with Crippen molar-refractivity contribution in [3.8, 4) is 0 Å². The minimum absolute atomic E-state index is 0.236. The largest absolute Gasteiger partial charge is 0.492 e. The van der Waals surface area contributed by atoms with Crippen LogP contribution in [-0.4, -0.2) is 36.6 Å². The van der Waals surface area contributed by atoms with Crippen molar-refractivity contribution < 1.29 is 18.8 Å². The van der Waals surface area contributed by atoms with Gasteiger partial charge >= 0.3 is 13.2 Å². The molecule has 0 unspecified atom stereocenters. The number of carbonyl (C=O) groups is 1. The van der Waals surface area contributed by atoms with Crippen LogP contribution in [0.5, 0.6) is 0 Å². The van der Waals surface area contributed by atoms with Crippen LogP contribution in [-0.2, 0) is 14.0 Å². The third-order valence-electron chi connectivity index (χ3n) is 4.87. The number of alkyl carbamates (subject to hydrolysis) is 1. The van der Waals surface area contributed by atoms with Gasteiger partial charge in [-0.3, -0.25) is 0 Å². The van der Waals surface area contributed by atoms with Crippen LogP contribution in [0.1, 0.15) is 59.6 Å². The van der Waals surface area contributed by atoms with Gasteiger partial charge in [0.05, 0.1) is 11.2 Å². The number of benzene rings is 1. The van der Waals surface area contributed by atoms with Crippen molar-refractivity contribution in [2.24, 2.45) is 0 Å². The molecule has 0 saturated carbocycles. The minimum atomic E-state index is -0.582. The van der Waals surface area contributed by atoms with E-state index in [1.165, 1.54) is 0 Å². The lowest BCUT2D eigenvalue weighted by atomic mass is 9.77. The molecule has 154 valence electrons. The van der Waals surface area contributed by atoms with Crippen LogP contribution in [0, 0.1) is 6.92 Å². The molecule has 0 spiro atoms. The highest BCUT2D eigenvalue weighted by Gasteiger charge is 2.52. The van der Waals surface area contributed by atoms with Gasteiger partial charge in [-0.2, -0.15) is 0 Å². The number of aryl methyl sites for hydroxylation is 1. The Kier molecular flexibility index (Phi) is 6.21. The molecule has 0 aliphatic carbocycles. The van der Waals surface area contributed by atoms with Crippen molar-refractivity contribution in [3.05, 3.63) is 34.8 Å². The number of hydrogen-bond donors (Lipinski definition) is 2. The molecule has 6 nitrogen and oxygen atoms in total. The molecule has 1 aliphatic heterocycles. The first-order valence-corrected chi connectivity index (χ1v) is 9.59. The highest BCUT2D eigenvalue weighted by Crippen LogP contribution is 2.38. The smallest absolute Gasteiger partial charge is 0.444 e. The van der Waals surface area contributed by atoms with Crippen molar-refractivity contribution in [3.63, 3.8) is 0 Å². The molecule has 28 heavy (non-hydrogen) atoms. The first-order chi connectivity index (χ1) is 12.7. The number of nitrogens with two attached hydrogens (primary N) is 1. The van der Waals surface area contributed by atoms with E-state index >= 15 is 0 Å².